The zero-order valence-corrected chi connectivity index (χ0v) is 14.8. The van der Waals surface area contributed by atoms with E-state index < -0.39 is 4.75 Å². The van der Waals surface area contributed by atoms with Gasteiger partial charge in [0.2, 0.25) is 11.1 Å². The molecule has 1 heterocycles. The van der Waals surface area contributed by atoms with Crippen LogP contribution in [0.2, 0.25) is 0 Å². The molecule has 0 radical (unpaired) electrons. The number of aromatic nitrogens is 4. The smallest absolute Gasteiger partial charge is 0.338 e. The Balaban J connectivity index is 2.03. The molecule has 0 fully saturated rings. The molecule has 1 aromatic carbocycles. The van der Waals surface area contributed by atoms with Gasteiger partial charge in [-0.25, -0.2) is 9.48 Å². The lowest BCUT2D eigenvalue weighted by Gasteiger charge is -2.21. The summed E-state index contributed by atoms with van der Waals surface area (Å²) in [5, 5.41) is 14.5. The second kappa shape index (κ2) is 7.43. The molecule has 0 aliphatic heterocycles. The van der Waals surface area contributed by atoms with E-state index in [4.69, 9.17) is 4.74 Å². The summed E-state index contributed by atoms with van der Waals surface area (Å²) in [6, 6.07) is 6.55. The molecule has 2 rings (SSSR count). The molecule has 2 aromatic rings. The summed E-state index contributed by atoms with van der Waals surface area (Å²) in [7, 11) is 1.71. The minimum absolute atomic E-state index is 0.195. The summed E-state index contributed by atoms with van der Waals surface area (Å²) >= 11 is 1.26. The zero-order chi connectivity index (χ0) is 17.7. The number of aryl methyl sites for hydroxylation is 1. The van der Waals surface area contributed by atoms with Crippen LogP contribution < -0.4 is 5.32 Å². The van der Waals surface area contributed by atoms with E-state index in [0.717, 1.165) is 0 Å². The highest BCUT2D eigenvalue weighted by Gasteiger charge is 2.31. The predicted molar refractivity (Wildman–Crippen MR) is 89.8 cm³/mol. The molecule has 0 aliphatic carbocycles. The summed E-state index contributed by atoms with van der Waals surface area (Å²) in [4.78, 5) is 24.1. The monoisotopic (exact) mass is 349 g/mol. The number of carbonyl (C=O) groups is 2. The van der Waals surface area contributed by atoms with E-state index in [1.165, 1.54) is 16.4 Å². The molecule has 0 saturated carbocycles. The summed E-state index contributed by atoms with van der Waals surface area (Å²) in [5.74, 6) is -0.583. The van der Waals surface area contributed by atoms with E-state index >= 15 is 0 Å². The third kappa shape index (κ3) is 4.31. The number of thioether (sulfide) groups is 1. The summed E-state index contributed by atoms with van der Waals surface area (Å²) in [6.45, 7) is 5.64. The van der Waals surface area contributed by atoms with E-state index in [9.17, 15) is 9.59 Å². The lowest BCUT2D eigenvalue weighted by atomic mass is 10.1. The van der Waals surface area contributed by atoms with Gasteiger partial charge >= 0.3 is 5.97 Å². The first-order valence-electron chi connectivity index (χ1n) is 7.33. The second-order valence-electron chi connectivity index (χ2n) is 5.45. The minimum Gasteiger partial charge on any atom is -0.462 e. The Morgan fingerprint density at radius 2 is 1.96 bits per heavy atom. The molecule has 1 amide bonds. The number of esters is 1. The number of nitrogens with one attached hydrogen (secondary N) is 1. The molecule has 0 atom stereocenters. The average Bonchev–Trinajstić information content (AvgIpc) is 2.92. The number of tetrazole rings is 1. The van der Waals surface area contributed by atoms with Gasteiger partial charge in [-0.3, -0.25) is 4.79 Å². The van der Waals surface area contributed by atoms with Crippen LogP contribution in [-0.4, -0.2) is 43.4 Å². The van der Waals surface area contributed by atoms with Gasteiger partial charge < -0.3 is 10.1 Å². The van der Waals surface area contributed by atoms with Gasteiger partial charge in [0, 0.05) is 12.7 Å². The number of amides is 1. The molecule has 9 heteroatoms. The van der Waals surface area contributed by atoms with Crippen molar-refractivity contribution in [3.63, 3.8) is 0 Å². The molecule has 0 spiro atoms. The SMILES string of the molecule is CCOC(=O)c1ccc(NC(=O)C(C)(C)Sc2nnnn2C)cc1. The molecule has 128 valence electrons. The van der Waals surface area contributed by atoms with Crippen molar-refractivity contribution in [3.05, 3.63) is 29.8 Å². The fourth-order valence-corrected chi connectivity index (χ4v) is 2.61. The third-order valence-electron chi connectivity index (χ3n) is 3.13. The first-order valence-corrected chi connectivity index (χ1v) is 8.15. The van der Waals surface area contributed by atoms with Crippen LogP contribution in [0.4, 0.5) is 5.69 Å². The molecule has 1 N–H and O–H groups in total. The molecule has 8 nitrogen and oxygen atoms in total. The Morgan fingerprint density at radius 3 is 2.50 bits per heavy atom. The van der Waals surface area contributed by atoms with Crippen LogP contribution in [0, 0.1) is 0 Å². The van der Waals surface area contributed by atoms with Crippen LogP contribution in [0.15, 0.2) is 29.4 Å². The topological polar surface area (TPSA) is 99.0 Å². The molecule has 24 heavy (non-hydrogen) atoms. The molecular formula is C15H19N5O3S. The molecular weight excluding hydrogens is 330 g/mol. The van der Waals surface area contributed by atoms with E-state index in [1.54, 1.807) is 52.1 Å². The number of hydrogen-bond donors (Lipinski definition) is 1. The van der Waals surface area contributed by atoms with Crippen LogP contribution in [0.1, 0.15) is 31.1 Å². The number of nitrogens with zero attached hydrogens (tertiary/aromatic N) is 4. The fourth-order valence-electron chi connectivity index (χ4n) is 1.77. The van der Waals surface area contributed by atoms with Gasteiger partial charge in [-0.2, -0.15) is 0 Å². The quantitative estimate of drug-likeness (QED) is 0.628. The fraction of sp³-hybridized carbons (Fsp3) is 0.400. The zero-order valence-electron chi connectivity index (χ0n) is 13.9. The van der Waals surface area contributed by atoms with Crippen molar-refractivity contribution in [3.8, 4) is 0 Å². The molecule has 0 saturated heterocycles. The van der Waals surface area contributed by atoms with Gasteiger partial charge in [0.25, 0.3) is 0 Å². The standard InChI is InChI=1S/C15H19N5O3S/c1-5-23-12(21)10-6-8-11(9-7-10)16-13(22)15(2,3)24-14-17-18-19-20(14)4/h6-9H,5H2,1-4H3,(H,16,22). The van der Waals surface area contributed by atoms with Crippen LogP contribution in [0.25, 0.3) is 0 Å². The van der Waals surface area contributed by atoms with Gasteiger partial charge in [-0.05, 0) is 55.5 Å². The maximum atomic E-state index is 12.5. The Hall–Kier alpha value is -2.42. The van der Waals surface area contributed by atoms with Gasteiger partial charge in [-0.15, -0.1) is 5.10 Å². The van der Waals surface area contributed by atoms with Crippen molar-refractivity contribution >= 4 is 29.3 Å². The lowest BCUT2D eigenvalue weighted by Crippen LogP contribution is -2.34. The summed E-state index contributed by atoms with van der Waals surface area (Å²) in [5.41, 5.74) is 1.03. The number of ether oxygens (including phenoxy) is 1. The highest BCUT2D eigenvalue weighted by Crippen LogP contribution is 2.31. The molecule has 0 aliphatic rings. The van der Waals surface area contributed by atoms with Crippen LogP contribution in [0.5, 0.6) is 0 Å². The van der Waals surface area contributed by atoms with E-state index in [1.807, 2.05) is 0 Å². The Kier molecular flexibility index (Phi) is 5.55. The van der Waals surface area contributed by atoms with Crippen molar-refractivity contribution in [1.82, 2.24) is 20.2 Å². The first-order chi connectivity index (χ1) is 11.3. The molecule has 0 unspecified atom stereocenters. The van der Waals surface area contributed by atoms with E-state index in [2.05, 4.69) is 20.8 Å². The normalized spacial score (nSPS) is 11.2. The van der Waals surface area contributed by atoms with Crippen LogP contribution in [-0.2, 0) is 16.6 Å². The average molecular weight is 349 g/mol. The second-order valence-corrected chi connectivity index (χ2v) is 7.04. The highest BCUT2D eigenvalue weighted by atomic mass is 32.2. The number of benzene rings is 1. The number of hydrogen-bond acceptors (Lipinski definition) is 7. The summed E-state index contributed by atoms with van der Waals surface area (Å²) in [6.07, 6.45) is 0. The van der Waals surface area contributed by atoms with Gasteiger partial charge in [0.15, 0.2) is 0 Å². The molecule has 0 bridgehead atoms. The maximum Gasteiger partial charge on any atom is 0.338 e. The van der Waals surface area contributed by atoms with Crippen LogP contribution in [0.3, 0.4) is 0 Å². The number of rotatable bonds is 6. The number of anilines is 1. The van der Waals surface area contributed by atoms with Crippen molar-refractivity contribution in [2.75, 3.05) is 11.9 Å². The van der Waals surface area contributed by atoms with Crippen LogP contribution >= 0.6 is 11.8 Å². The van der Waals surface area contributed by atoms with E-state index in [-0.39, 0.29) is 11.9 Å². The highest BCUT2D eigenvalue weighted by molar-refractivity contribution is 8.01. The Morgan fingerprint density at radius 1 is 1.29 bits per heavy atom. The largest absolute Gasteiger partial charge is 0.462 e. The van der Waals surface area contributed by atoms with Crippen molar-refractivity contribution in [2.45, 2.75) is 30.7 Å². The van der Waals surface area contributed by atoms with Gasteiger partial charge in [0.05, 0.1) is 16.9 Å². The Labute approximate surface area is 144 Å². The predicted octanol–water partition coefficient (Wildman–Crippen LogP) is 1.90. The number of carbonyl (C=O) groups excluding carboxylic acids is 2. The molecule has 1 aromatic heterocycles. The third-order valence-corrected chi connectivity index (χ3v) is 4.35. The lowest BCUT2D eigenvalue weighted by molar-refractivity contribution is -0.117. The van der Waals surface area contributed by atoms with Crippen molar-refractivity contribution < 1.29 is 14.3 Å². The van der Waals surface area contributed by atoms with Crippen molar-refractivity contribution in [2.24, 2.45) is 7.05 Å². The Bertz CT molecular complexity index is 727. The minimum atomic E-state index is -0.776. The van der Waals surface area contributed by atoms with Gasteiger partial charge in [-0.1, -0.05) is 11.8 Å². The van der Waals surface area contributed by atoms with Crippen molar-refractivity contribution in [1.29, 1.82) is 0 Å². The van der Waals surface area contributed by atoms with Gasteiger partial charge in [0.1, 0.15) is 0 Å². The maximum absolute atomic E-state index is 12.5. The van der Waals surface area contributed by atoms with E-state index in [0.29, 0.717) is 23.0 Å². The summed E-state index contributed by atoms with van der Waals surface area (Å²) < 4.78 is 5.65. The first kappa shape index (κ1) is 17.9.